The van der Waals surface area contributed by atoms with E-state index in [-0.39, 0.29) is 11.5 Å². The molecule has 2 aromatic carbocycles. The molecule has 2 unspecified atom stereocenters. The molecule has 1 saturated heterocycles. The van der Waals surface area contributed by atoms with Crippen molar-refractivity contribution in [3.63, 3.8) is 0 Å². The summed E-state index contributed by atoms with van der Waals surface area (Å²) in [6.07, 6.45) is 2.29. The Morgan fingerprint density at radius 2 is 1.74 bits per heavy atom. The summed E-state index contributed by atoms with van der Waals surface area (Å²) in [5, 5.41) is 9.70. The molecule has 0 aliphatic carbocycles. The minimum atomic E-state index is -1.00. The fourth-order valence-corrected chi connectivity index (χ4v) is 4.03. The molecular weight excluding hydrogens is 364 g/mol. The molecule has 3 N–H and O–H groups in total. The summed E-state index contributed by atoms with van der Waals surface area (Å²) in [6.45, 7) is 3.93. The maximum Gasteiger partial charge on any atom is 0.335 e. The van der Waals surface area contributed by atoms with Gasteiger partial charge in [-0.15, -0.1) is 0 Å². The fourth-order valence-electron chi connectivity index (χ4n) is 3.85. The van der Waals surface area contributed by atoms with Crippen LogP contribution in [0.25, 0.3) is 0 Å². The number of benzene rings is 2. The molecule has 1 amide bonds. The lowest BCUT2D eigenvalue weighted by atomic mass is 9.81. The molecule has 0 radical (unpaired) electrons. The second-order valence-corrected chi connectivity index (χ2v) is 7.43. The van der Waals surface area contributed by atoms with E-state index in [9.17, 15) is 9.59 Å². The zero-order valence-electron chi connectivity index (χ0n) is 15.2. The van der Waals surface area contributed by atoms with Gasteiger partial charge in [0.2, 0.25) is 5.91 Å². The molecule has 142 valence electrons. The first-order valence-electron chi connectivity index (χ1n) is 9.05. The van der Waals surface area contributed by atoms with Gasteiger partial charge in [-0.05, 0) is 60.2 Å². The largest absolute Gasteiger partial charge is 0.478 e. The predicted molar refractivity (Wildman–Crippen MR) is 107 cm³/mol. The first kappa shape index (κ1) is 19.2. The molecule has 5 nitrogen and oxygen atoms in total. The van der Waals surface area contributed by atoms with Gasteiger partial charge in [0.1, 0.15) is 0 Å². The van der Waals surface area contributed by atoms with E-state index in [4.69, 9.17) is 22.4 Å². The van der Waals surface area contributed by atoms with Gasteiger partial charge in [-0.2, -0.15) is 0 Å². The highest BCUT2D eigenvalue weighted by Gasteiger charge is 2.29. The highest BCUT2D eigenvalue weighted by molar-refractivity contribution is 6.30. The molecule has 3 rings (SSSR count). The maximum absolute atomic E-state index is 12.3. The zero-order chi connectivity index (χ0) is 19.6. The van der Waals surface area contributed by atoms with E-state index in [1.54, 1.807) is 12.1 Å². The number of carboxylic acid groups (broad SMARTS) is 1. The summed E-state index contributed by atoms with van der Waals surface area (Å²) >= 11 is 6.25. The fraction of sp³-hybridized carbons (Fsp3) is 0.333. The number of rotatable bonds is 6. The van der Waals surface area contributed by atoms with Crippen molar-refractivity contribution in [2.24, 2.45) is 5.73 Å². The minimum Gasteiger partial charge on any atom is -0.478 e. The van der Waals surface area contributed by atoms with Gasteiger partial charge < -0.3 is 15.7 Å². The quantitative estimate of drug-likeness (QED) is 0.785. The van der Waals surface area contributed by atoms with Crippen molar-refractivity contribution >= 4 is 29.2 Å². The second kappa shape index (κ2) is 8.01. The van der Waals surface area contributed by atoms with E-state index in [1.807, 2.05) is 25.1 Å². The normalized spacial score (nSPS) is 16.1. The Balaban J connectivity index is 2.00. The predicted octanol–water partition coefficient (Wildman–Crippen LogP) is 4.01. The summed E-state index contributed by atoms with van der Waals surface area (Å²) in [7, 11) is 0. The number of nitrogens with zero attached hydrogens (tertiary/aromatic N) is 1. The van der Waals surface area contributed by atoms with Gasteiger partial charge in [-0.3, -0.25) is 4.79 Å². The number of hydrogen-bond donors (Lipinski definition) is 2. The highest BCUT2D eigenvalue weighted by atomic mass is 35.5. The third-order valence-electron chi connectivity index (χ3n) is 5.25. The lowest BCUT2D eigenvalue weighted by molar-refractivity contribution is -0.119. The van der Waals surface area contributed by atoms with Gasteiger partial charge in [0.05, 0.1) is 11.5 Å². The van der Waals surface area contributed by atoms with Gasteiger partial charge in [0.25, 0.3) is 0 Å². The van der Waals surface area contributed by atoms with Crippen LogP contribution in [0.2, 0.25) is 5.02 Å². The van der Waals surface area contributed by atoms with E-state index in [2.05, 4.69) is 4.90 Å². The van der Waals surface area contributed by atoms with Crippen LogP contribution in [0.4, 0.5) is 5.69 Å². The SMILES string of the molecule is CC(c1cc(Cl)ccc1N1CCCC1)C(C(N)=O)c1ccc(C(=O)O)cc1. The van der Waals surface area contributed by atoms with E-state index >= 15 is 0 Å². The number of anilines is 1. The Morgan fingerprint density at radius 3 is 2.30 bits per heavy atom. The number of nitrogens with two attached hydrogens (primary N) is 1. The van der Waals surface area contributed by atoms with Crippen LogP contribution >= 0.6 is 11.6 Å². The van der Waals surface area contributed by atoms with Crippen LogP contribution in [0.5, 0.6) is 0 Å². The van der Waals surface area contributed by atoms with Crippen LogP contribution in [0.1, 0.15) is 53.1 Å². The Kier molecular flexibility index (Phi) is 5.71. The van der Waals surface area contributed by atoms with Crippen LogP contribution < -0.4 is 10.6 Å². The number of halogens is 1. The molecule has 0 spiro atoms. The number of primary amides is 1. The Morgan fingerprint density at radius 1 is 1.11 bits per heavy atom. The average molecular weight is 387 g/mol. The molecule has 2 atom stereocenters. The van der Waals surface area contributed by atoms with Crippen molar-refractivity contribution in [2.45, 2.75) is 31.6 Å². The summed E-state index contributed by atoms with van der Waals surface area (Å²) in [4.78, 5) is 25.7. The smallest absolute Gasteiger partial charge is 0.335 e. The van der Waals surface area contributed by atoms with Crippen molar-refractivity contribution in [2.75, 3.05) is 18.0 Å². The van der Waals surface area contributed by atoms with Gasteiger partial charge in [0, 0.05) is 23.8 Å². The van der Waals surface area contributed by atoms with Crippen molar-refractivity contribution < 1.29 is 14.7 Å². The third-order valence-corrected chi connectivity index (χ3v) is 5.49. The highest BCUT2D eigenvalue weighted by Crippen LogP contribution is 2.39. The van der Waals surface area contributed by atoms with Gasteiger partial charge >= 0.3 is 5.97 Å². The summed E-state index contributed by atoms with van der Waals surface area (Å²) < 4.78 is 0. The average Bonchev–Trinajstić information content (AvgIpc) is 3.16. The van der Waals surface area contributed by atoms with Crippen LogP contribution in [-0.2, 0) is 4.79 Å². The van der Waals surface area contributed by atoms with E-state index < -0.39 is 17.8 Å². The summed E-state index contributed by atoms with van der Waals surface area (Å²) in [5.41, 5.74) is 8.69. The zero-order valence-corrected chi connectivity index (χ0v) is 15.9. The lowest BCUT2D eigenvalue weighted by Gasteiger charge is -2.28. The number of carboxylic acids is 1. The number of carbonyl (C=O) groups is 2. The lowest BCUT2D eigenvalue weighted by Crippen LogP contribution is -2.27. The molecule has 27 heavy (non-hydrogen) atoms. The van der Waals surface area contributed by atoms with E-state index in [0.29, 0.717) is 10.6 Å². The standard InChI is InChI=1S/C21H23ClN2O3/c1-13(17-12-16(22)8-9-18(17)24-10-2-3-11-24)19(20(23)25)14-4-6-15(7-5-14)21(26)27/h4-9,12-13,19H,2-3,10-11H2,1H3,(H2,23,25)(H,26,27). The van der Waals surface area contributed by atoms with Crippen molar-refractivity contribution in [1.29, 1.82) is 0 Å². The molecule has 1 aliphatic heterocycles. The van der Waals surface area contributed by atoms with Crippen molar-refractivity contribution in [3.05, 3.63) is 64.2 Å². The number of hydrogen-bond acceptors (Lipinski definition) is 3. The molecule has 1 fully saturated rings. The molecular formula is C21H23ClN2O3. The Labute approximate surface area is 163 Å². The van der Waals surface area contributed by atoms with Crippen LogP contribution in [-0.4, -0.2) is 30.1 Å². The monoisotopic (exact) mass is 386 g/mol. The number of carbonyl (C=O) groups excluding carboxylic acids is 1. The first-order chi connectivity index (χ1) is 12.9. The van der Waals surface area contributed by atoms with Gasteiger partial charge in [-0.25, -0.2) is 4.79 Å². The van der Waals surface area contributed by atoms with Crippen LogP contribution in [0.3, 0.4) is 0 Å². The first-order valence-corrected chi connectivity index (χ1v) is 9.43. The molecule has 1 aliphatic rings. The summed E-state index contributed by atoms with van der Waals surface area (Å²) in [6, 6.07) is 12.1. The third kappa shape index (κ3) is 4.08. The second-order valence-electron chi connectivity index (χ2n) is 6.99. The molecule has 0 bridgehead atoms. The molecule has 0 saturated carbocycles. The van der Waals surface area contributed by atoms with Gasteiger partial charge in [-0.1, -0.05) is 30.7 Å². The van der Waals surface area contributed by atoms with E-state index in [1.165, 1.54) is 12.1 Å². The molecule has 6 heteroatoms. The molecule has 2 aromatic rings. The Hall–Kier alpha value is -2.53. The number of aromatic carboxylic acids is 1. The minimum absolute atomic E-state index is 0.176. The molecule has 0 aromatic heterocycles. The molecule has 1 heterocycles. The van der Waals surface area contributed by atoms with Crippen LogP contribution in [0, 0.1) is 0 Å². The maximum atomic E-state index is 12.3. The van der Waals surface area contributed by atoms with Crippen molar-refractivity contribution in [1.82, 2.24) is 0 Å². The Bertz CT molecular complexity index is 845. The van der Waals surface area contributed by atoms with Gasteiger partial charge in [0.15, 0.2) is 0 Å². The van der Waals surface area contributed by atoms with Crippen molar-refractivity contribution in [3.8, 4) is 0 Å². The topological polar surface area (TPSA) is 83.6 Å². The van der Waals surface area contributed by atoms with Crippen LogP contribution in [0.15, 0.2) is 42.5 Å². The number of amides is 1. The summed E-state index contributed by atoms with van der Waals surface area (Å²) in [5.74, 6) is -2.23. The van der Waals surface area contributed by atoms with E-state index in [0.717, 1.165) is 37.2 Å².